The van der Waals surface area contributed by atoms with Gasteiger partial charge in [0.15, 0.2) is 0 Å². The largest absolute Gasteiger partial charge is 0.416 e. The molecule has 1 aliphatic heterocycles. The molecule has 0 aliphatic carbocycles. The Labute approximate surface area is 274 Å². The Kier molecular flexibility index (Phi) is 12.2. The Hall–Kier alpha value is -4.64. The van der Waals surface area contributed by atoms with Crippen molar-refractivity contribution >= 4 is 29.5 Å². The minimum Gasteiger partial charge on any atom is -0.368 e. The maximum Gasteiger partial charge on any atom is 0.416 e. The van der Waals surface area contributed by atoms with E-state index in [2.05, 4.69) is 10.2 Å². The summed E-state index contributed by atoms with van der Waals surface area (Å²) in [6.45, 7) is 5.45. The first-order chi connectivity index (χ1) is 22.5. The van der Waals surface area contributed by atoms with Gasteiger partial charge in [-0.3, -0.25) is 14.4 Å². The Morgan fingerprint density at radius 2 is 1.53 bits per heavy atom. The van der Waals surface area contributed by atoms with Gasteiger partial charge in [-0.25, -0.2) is 0 Å². The molecule has 250 valence electrons. The number of carbonyl (C=O) groups excluding carboxylic acids is 3. The van der Waals surface area contributed by atoms with E-state index in [4.69, 9.17) is 0 Å². The van der Waals surface area contributed by atoms with Crippen molar-refractivity contribution in [2.45, 2.75) is 32.1 Å². The van der Waals surface area contributed by atoms with E-state index in [-0.39, 0.29) is 24.8 Å². The lowest BCUT2D eigenvalue weighted by atomic mass is 10.0. The number of halogens is 3. The highest BCUT2D eigenvalue weighted by atomic mass is 19.4. The van der Waals surface area contributed by atoms with E-state index >= 15 is 0 Å². The van der Waals surface area contributed by atoms with Crippen LogP contribution in [0, 0.1) is 0 Å². The van der Waals surface area contributed by atoms with Crippen LogP contribution in [0.15, 0.2) is 84.9 Å². The van der Waals surface area contributed by atoms with Crippen LogP contribution in [0.5, 0.6) is 0 Å². The Balaban J connectivity index is 1.63. The van der Waals surface area contributed by atoms with Gasteiger partial charge < -0.3 is 24.9 Å². The van der Waals surface area contributed by atoms with Crippen LogP contribution in [0.3, 0.4) is 0 Å². The number of hydrogen-bond acceptors (Lipinski definition) is 5. The summed E-state index contributed by atoms with van der Waals surface area (Å²) < 4.78 is 39.2. The van der Waals surface area contributed by atoms with Crippen molar-refractivity contribution in [1.29, 1.82) is 0 Å². The predicted molar refractivity (Wildman–Crippen MR) is 177 cm³/mol. The highest BCUT2D eigenvalue weighted by molar-refractivity contribution is 5.95. The molecule has 1 heterocycles. The van der Waals surface area contributed by atoms with E-state index in [9.17, 15) is 27.6 Å². The molecule has 0 radical (unpaired) electrons. The number of nitrogens with one attached hydrogen (secondary N) is 1. The third kappa shape index (κ3) is 9.92. The second-order valence-electron chi connectivity index (χ2n) is 11.6. The van der Waals surface area contributed by atoms with E-state index in [0.717, 1.165) is 28.9 Å². The van der Waals surface area contributed by atoms with E-state index in [1.807, 2.05) is 59.5 Å². The van der Waals surface area contributed by atoms with Crippen LogP contribution in [-0.2, 0) is 33.5 Å². The fourth-order valence-corrected chi connectivity index (χ4v) is 5.49. The molecule has 0 bridgehead atoms. The zero-order valence-electron chi connectivity index (χ0n) is 27.0. The van der Waals surface area contributed by atoms with Gasteiger partial charge in [-0.05, 0) is 54.1 Å². The predicted octanol–water partition coefficient (Wildman–Crippen LogP) is 4.71. The minimum absolute atomic E-state index is 0.0633. The van der Waals surface area contributed by atoms with Gasteiger partial charge in [0.2, 0.25) is 17.7 Å². The fourth-order valence-electron chi connectivity index (χ4n) is 5.49. The summed E-state index contributed by atoms with van der Waals surface area (Å²) in [6, 6.07) is 21.0. The van der Waals surface area contributed by atoms with Crippen molar-refractivity contribution in [2.75, 3.05) is 58.3 Å². The first kappa shape index (κ1) is 35.2. The lowest BCUT2D eigenvalue weighted by molar-refractivity contribution is -0.143. The summed E-state index contributed by atoms with van der Waals surface area (Å²) in [5, 5.41) is 3.05. The molecule has 1 fully saturated rings. The molecule has 0 spiro atoms. The molecule has 1 N–H and O–H groups in total. The third-order valence-corrected chi connectivity index (χ3v) is 8.33. The highest BCUT2D eigenvalue weighted by Crippen LogP contribution is 2.29. The third-order valence-electron chi connectivity index (χ3n) is 8.33. The van der Waals surface area contributed by atoms with Crippen molar-refractivity contribution in [3.63, 3.8) is 0 Å². The number of rotatable bonds is 12. The van der Waals surface area contributed by atoms with E-state index < -0.39 is 23.7 Å². The molecular weight excluding hydrogens is 607 g/mol. The summed E-state index contributed by atoms with van der Waals surface area (Å²) in [4.78, 5) is 46.8. The summed E-state index contributed by atoms with van der Waals surface area (Å²) in [7, 11) is 3.51. The molecule has 3 aromatic carbocycles. The number of nitrogens with zero attached hydrogens (tertiary/aromatic N) is 4. The molecule has 3 aromatic rings. The maximum absolute atomic E-state index is 14.0. The van der Waals surface area contributed by atoms with Crippen LogP contribution in [-0.4, -0.2) is 91.8 Å². The summed E-state index contributed by atoms with van der Waals surface area (Å²) in [6.07, 6.45) is -1.40. The zero-order chi connectivity index (χ0) is 34.0. The number of anilines is 1. The van der Waals surface area contributed by atoms with Gasteiger partial charge >= 0.3 is 6.18 Å². The smallest absolute Gasteiger partial charge is 0.368 e. The van der Waals surface area contributed by atoms with Crippen molar-refractivity contribution in [2.24, 2.45) is 0 Å². The molecule has 4 rings (SSSR count). The number of piperazine rings is 1. The summed E-state index contributed by atoms with van der Waals surface area (Å²) >= 11 is 0. The van der Waals surface area contributed by atoms with Crippen molar-refractivity contribution in [1.82, 2.24) is 20.0 Å². The van der Waals surface area contributed by atoms with Crippen molar-refractivity contribution < 1.29 is 27.6 Å². The number of carbonyl (C=O) groups is 3. The Morgan fingerprint density at radius 1 is 0.894 bits per heavy atom. The molecule has 0 aromatic heterocycles. The first-order valence-electron chi connectivity index (χ1n) is 15.6. The van der Waals surface area contributed by atoms with E-state index in [0.29, 0.717) is 44.8 Å². The van der Waals surface area contributed by atoms with Crippen LogP contribution in [0.4, 0.5) is 18.9 Å². The van der Waals surface area contributed by atoms with E-state index in [1.54, 1.807) is 25.9 Å². The zero-order valence-corrected chi connectivity index (χ0v) is 27.0. The monoisotopic (exact) mass is 649 g/mol. The summed E-state index contributed by atoms with van der Waals surface area (Å²) in [5.41, 5.74) is 2.36. The molecule has 0 saturated carbocycles. The Bertz CT molecular complexity index is 1500. The topological polar surface area (TPSA) is 76.2 Å². The van der Waals surface area contributed by atoms with Crippen molar-refractivity contribution in [3.8, 4) is 0 Å². The molecule has 1 atom stereocenters. The SMILES string of the molecule is CNCCN(C)C(=O)[C@H](Cc1ccccc1)N(Cc1ccc(N2CCN(C(C)=O)CC2)cc1)C(=O)/C=C/c1ccc(C(F)(F)F)cc1. The summed E-state index contributed by atoms with van der Waals surface area (Å²) in [5.74, 6) is -0.598. The first-order valence-corrected chi connectivity index (χ1v) is 15.6. The number of amides is 3. The van der Waals surface area contributed by atoms with Crippen LogP contribution in [0.25, 0.3) is 6.08 Å². The number of likely N-dealkylation sites (N-methyl/N-ethyl adjacent to an activating group) is 2. The van der Waals surface area contributed by atoms with Gasteiger partial charge in [0.1, 0.15) is 6.04 Å². The van der Waals surface area contributed by atoms with Gasteiger partial charge in [-0.1, -0.05) is 54.6 Å². The van der Waals surface area contributed by atoms with Crippen LogP contribution in [0.1, 0.15) is 29.2 Å². The lowest BCUT2D eigenvalue weighted by Crippen LogP contribution is -2.51. The lowest BCUT2D eigenvalue weighted by Gasteiger charge is -2.36. The normalized spacial score (nSPS) is 14.3. The maximum atomic E-state index is 14.0. The fraction of sp³-hybridized carbons (Fsp3) is 0.361. The van der Waals surface area contributed by atoms with Gasteiger partial charge in [-0.2, -0.15) is 13.2 Å². The molecule has 8 nitrogen and oxygen atoms in total. The molecule has 3 amide bonds. The van der Waals surface area contributed by atoms with E-state index in [1.165, 1.54) is 29.2 Å². The van der Waals surface area contributed by atoms with Gasteiger partial charge in [0, 0.05) is 78.0 Å². The average Bonchev–Trinajstić information content (AvgIpc) is 3.08. The molecule has 11 heteroatoms. The highest BCUT2D eigenvalue weighted by Gasteiger charge is 2.32. The Morgan fingerprint density at radius 3 is 2.11 bits per heavy atom. The van der Waals surface area contributed by atoms with Gasteiger partial charge in [-0.15, -0.1) is 0 Å². The number of hydrogen-bond donors (Lipinski definition) is 1. The molecule has 1 saturated heterocycles. The van der Waals surface area contributed by atoms with Crippen LogP contribution in [0.2, 0.25) is 0 Å². The quantitative estimate of drug-likeness (QED) is 0.288. The molecule has 0 unspecified atom stereocenters. The van der Waals surface area contributed by atoms with Crippen LogP contribution < -0.4 is 10.2 Å². The second kappa shape index (κ2) is 16.3. The average molecular weight is 650 g/mol. The molecular formula is C36H42F3N5O3. The van der Waals surface area contributed by atoms with Gasteiger partial charge in [0.05, 0.1) is 5.56 Å². The second-order valence-corrected chi connectivity index (χ2v) is 11.6. The van der Waals surface area contributed by atoms with Gasteiger partial charge in [0.25, 0.3) is 0 Å². The minimum atomic E-state index is -4.46. The molecule has 47 heavy (non-hydrogen) atoms. The number of alkyl halides is 3. The number of benzene rings is 3. The van der Waals surface area contributed by atoms with Crippen LogP contribution >= 0.6 is 0 Å². The molecule has 1 aliphatic rings. The van der Waals surface area contributed by atoms with Crippen molar-refractivity contribution in [3.05, 3.63) is 107 Å². The standard InChI is InChI=1S/C36H42F3N5O3/c1-27(45)42-21-23-43(24-22-42)32-16-11-30(12-17-32)26-44(34(46)18-13-28-9-14-31(15-10-28)36(37,38)39)33(25-29-7-5-4-6-8-29)35(47)41(3)20-19-40-2/h4-18,33,40H,19-26H2,1-3H3/b18-13+/t33-/m0/s1.